The van der Waals surface area contributed by atoms with Crippen LogP contribution in [-0.2, 0) is 0 Å². The van der Waals surface area contributed by atoms with Gasteiger partial charge in [-0.1, -0.05) is 6.92 Å². The molecule has 0 saturated carbocycles. The summed E-state index contributed by atoms with van der Waals surface area (Å²) in [6, 6.07) is 0. The van der Waals surface area contributed by atoms with Crippen molar-refractivity contribution in [3.8, 4) is 0 Å². The Morgan fingerprint density at radius 3 is 2.50 bits per heavy atom. The van der Waals surface area contributed by atoms with Crippen molar-refractivity contribution in [1.29, 1.82) is 5.41 Å². The lowest BCUT2D eigenvalue weighted by Gasteiger charge is -2.14. The predicted octanol–water partition coefficient (Wildman–Crippen LogP) is 0.0720. The van der Waals surface area contributed by atoms with E-state index in [0.29, 0.717) is 5.96 Å². The van der Waals surface area contributed by atoms with Crippen molar-refractivity contribution in [3.63, 3.8) is 0 Å². The van der Waals surface area contributed by atoms with E-state index in [-0.39, 0.29) is 0 Å². The van der Waals surface area contributed by atoms with Crippen LogP contribution in [0.3, 0.4) is 0 Å². The third kappa shape index (κ3) is 5.97. The number of hydrogen-bond donors (Lipinski definition) is 3. The van der Waals surface area contributed by atoms with Crippen LogP contribution in [0.15, 0.2) is 0 Å². The lowest BCUT2D eigenvalue weighted by atomic mass is 10.4. The highest BCUT2D eigenvalue weighted by Crippen LogP contribution is 1.76. The fraction of sp³-hybridized carbons (Fsp3) is 0.875. The third-order valence-corrected chi connectivity index (χ3v) is 1.52. The zero-order valence-corrected chi connectivity index (χ0v) is 8.28. The molecule has 0 aliphatic carbocycles. The minimum atomic E-state index is 0.478. The molecule has 72 valence electrons. The summed E-state index contributed by atoms with van der Waals surface area (Å²) in [6.45, 7) is 4.99. The maximum Gasteiger partial charge on any atom is 0.190 e. The second kappa shape index (κ2) is 6.91. The molecule has 4 heteroatoms. The summed E-state index contributed by atoms with van der Waals surface area (Å²) >= 11 is 0. The van der Waals surface area contributed by atoms with Crippen LogP contribution < -0.4 is 10.6 Å². The Morgan fingerprint density at radius 2 is 2.00 bits per heavy atom. The fourth-order valence-corrected chi connectivity index (χ4v) is 0.755. The second-order valence-electron chi connectivity index (χ2n) is 2.88. The first-order valence-electron chi connectivity index (χ1n) is 4.39. The van der Waals surface area contributed by atoms with Crippen molar-refractivity contribution in [1.82, 2.24) is 15.5 Å². The molecule has 4 nitrogen and oxygen atoms in total. The Kier molecular flexibility index (Phi) is 6.47. The highest BCUT2D eigenvalue weighted by Gasteiger charge is 1.95. The van der Waals surface area contributed by atoms with Gasteiger partial charge in [0.25, 0.3) is 0 Å². The maximum absolute atomic E-state index is 7.42. The van der Waals surface area contributed by atoms with Crippen LogP contribution in [0, 0.1) is 5.41 Å². The van der Waals surface area contributed by atoms with Gasteiger partial charge in [-0.05, 0) is 19.5 Å². The van der Waals surface area contributed by atoms with E-state index >= 15 is 0 Å². The summed E-state index contributed by atoms with van der Waals surface area (Å²) < 4.78 is 0. The molecule has 0 bridgehead atoms. The second-order valence-corrected chi connectivity index (χ2v) is 2.88. The van der Waals surface area contributed by atoms with Gasteiger partial charge < -0.3 is 15.5 Å². The molecule has 0 aliphatic rings. The summed E-state index contributed by atoms with van der Waals surface area (Å²) in [5.74, 6) is 0.478. The summed E-state index contributed by atoms with van der Waals surface area (Å²) in [4.78, 5) is 1.76. The monoisotopic (exact) mass is 172 g/mol. The highest BCUT2D eigenvalue weighted by atomic mass is 15.2. The first-order valence-corrected chi connectivity index (χ1v) is 4.39. The fourth-order valence-electron chi connectivity index (χ4n) is 0.755. The average molecular weight is 172 g/mol. The summed E-state index contributed by atoms with van der Waals surface area (Å²) in [5.41, 5.74) is 0. The molecule has 0 unspecified atom stereocenters. The molecule has 0 atom stereocenters. The molecule has 0 saturated heterocycles. The number of guanidine groups is 1. The molecular formula is C8H20N4. The van der Waals surface area contributed by atoms with Crippen molar-refractivity contribution in [2.24, 2.45) is 0 Å². The van der Waals surface area contributed by atoms with Crippen LogP contribution in [-0.4, -0.2) is 44.6 Å². The van der Waals surface area contributed by atoms with Gasteiger partial charge >= 0.3 is 0 Å². The Balaban J connectivity index is 3.14. The van der Waals surface area contributed by atoms with Gasteiger partial charge in [0.1, 0.15) is 0 Å². The number of rotatable bonds is 5. The first kappa shape index (κ1) is 11.2. The molecule has 0 amide bonds. The van der Waals surface area contributed by atoms with E-state index in [1.54, 1.807) is 4.90 Å². The normalized spacial score (nSPS) is 9.58. The van der Waals surface area contributed by atoms with E-state index in [1.165, 1.54) is 0 Å². The van der Waals surface area contributed by atoms with E-state index in [1.807, 2.05) is 14.1 Å². The van der Waals surface area contributed by atoms with Gasteiger partial charge in [-0.15, -0.1) is 0 Å². The number of nitrogens with zero attached hydrogens (tertiary/aromatic N) is 1. The van der Waals surface area contributed by atoms with Gasteiger partial charge in [0, 0.05) is 20.6 Å². The zero-order chi connectivity index (χ0) is 9.40. The number of hydrogen-bond acceptors (Lipinski definition) is 2. The van der Waals surface area contributed by atoms with Gasteiger partial charge in [0.05, 0.1) is 0 Å². The van der Waals surface area contributed by atoms with Gasteiger partial charge in [-0.2, -0.15) is 0 Å². The van der Waals surface area contributed by atoms with Gasteiger partial charge in [0.15, 0.2) is 5.96 Å². The molecule has 0 spiro atoms. The quantitative estimate of drug-likeness (QED) is 0.312. The molecule has 0 radical (unpaired) electrons. The van der Waals surface area contributed by atoms with E-state index in [4.69, 9.17) is 5.41 Å². The first-order chi connectivity index (χ1) is 5.68. The van der Waals surface area contributed by atoms with Crippen molar-refractivity contribution in [3.05, 3.63) is 0 Å². The Bertz CT molecular complexity index is 122. The van der Waals surface area contributed by atoms with Crippen LogP contribution >= 0.6 is 0 Å². The van der Waals surface area contributed by atoms with Crippen molar-refractivity contribution < 1.29 is 0 Å². The molecule has 0 heterocycles. The molecular weight excluding hydrogens is 152 g/mol. The lowest BCUT2D eigenvalue weighted by Crippen LogP contribution is -2.36. The van der Waals surface area contributed by atoms with Gasteiger partial charge in [0.2, 0.25) is 0 Å². The minimum Gasteiger partial charge on any atom is -0.356 e. The van der Waals surface area contributed by atoms with Crippen LogP contribution in [0.5, 0.6) is 0 Å². The van der Waals surface area contributed by atoms with Gasteiger partial charge in [-0.3, -0.25) is 5.41 Å². The standard InChI is InChI=1S/C8H20N4/c1-4-10-6-5-7-11-8(9)12(2)3/h10H,4-7H2,1-3H3,(H2,9,11). The molecule has 0 aliphatic heterocycles. The van der Waals surface area contributed by atoms with E-state index in [0.717, 1.165) is 26.1 Å². The SMILES string of the molecule is CCNCCCNC(=N)N(C)C. The highest BCUT2D eigenvalue weighted by molar-refractivity contribution is 5.75. The largest absolute Gasteiger partial charge is 0.356 e. The van der Waals surface area contributed by atoms with Crippen LogP contribution in [0.25, 0.3) is 0 Å². The van der Waals surface area contributed by atoms with Crippen molar-refractivity contribution >= 4 is 5.96 Å². The molecule has 0 rings (SSSR count). The summed E-state index contributed by atoms with van der Waals surface area (Å²) in [5, 5.41) is 13.7. The van der Waals surface area contributed by atoms with Crippen LogP contribution in [0.1, 0.15) is 13.3 Å². The molecule has 12 heavy (non-hydrogen) atoms. The maximum atomic E-state index is 7.42. The van der Waals surface area contributed by atoms with E-state index < -0.39 is 0 Å². The summed E-state index contributed by atoms with van der Waals surface area (Å²) in [7, 11) is 3.72. The van der Waals surface area contributed by atoms with E-state index in [2.05, 4.69) is 17.6 Å². The predicted molar refractivity (Wildman–Crippen MR) is 52.6 cm³/mol. The molecule has 0 aromatic heterocycles. The molecule has 0 aromatic rings. The number of nitrogens with one attached hydrogen (secondary N) is 3. The Hall–Kier alpha value is -0.770. The van der Waals surface area contributed by atoms with Crippen molar-refractivity contribution in [2.75, 3.05) is 33.7 Å². The van der Waals surface area contributed by atoms with Crippen LogP contribution in [0.4, 0.5) is 0 Å². The smallest absolute Gasteiger partial charge is 0.190 e. The van der Waals surface area contributed by atoms with E-state index in [9.17, 15) is 0 Å². The molecule has 0 fully saturated rings. The molecule has 0 aromatic carbocycles. The lowest BCUT2D eigenvalue weighted by molar-refractivity contribution is 0.568. The van der Waals surface area contributed by atoms with Crippen molar-refractivity contribution in [2.45, 2.75) is 13.3 Å². The Labute approximate surface area is 74.8 Å². The van der Waals surface area contributed by atoms with Gasteiger partial charge in [-0.25, -0.2) is 0 Å². The Morgan fingerprint density at radius 1 is 1.33 bits per heavy atom. The third-order valence-electron chi connectivity index (χ3n) is 1.52. The minimum absolute atomic E-state index is 0.478. The average Bonchev–Trinajstić information content (AvgIpc) is 2.03. The molecule has 3 N–H and O–H groups in total. The topological polar surface area (TPSA) is 51.1 Å². The zero-order valence-electron chi connectivity index (χ0n) is 8.28. The van der Waals surface area contributed by atoms with Crippen LogP contribution in [0.2, 0.25) is 0 Å². The summed E-state index contributed by atoms with van der Waals surface area (Å²) in [6.07, 6.45) is 1.06.